The van der Waals surface area contributed by atoms with Crippen LogP contribution in [0.2, 0.25) is 0 Å². The number of aromatic nitrogens is 2. The maximum atomic E-state index is 5.20. The van der Waals surface area contributed by atoms with Crippen molar-refractivity contribution < 1.29 is 0 Å². The maximum absolute atomic E-state index is 5.20. The summed E-state index contributed by atoms with van der Waals surface area (Å²) in [5, 5.41) is 2.02. The van der Waals surface area contributed by atoms with Gasteiger partial charge < -0.3 is 4.98 Å². The smallest absolute Gasteiger partial charge is 0.215 e. The molecular weight excluding hydrogens is 252 g/mol. The van der Waals surface area contributed by atoms with E-state index in [4.69, 9.17) is 5.84 Å². The summed E-state index contributed by atoms with van der Waals surface area (Å²) < 4.78 is 1.07. The Bertz CT molecular complexity index is 408. The van der Waals surface area contributed by atoms with Gasteiger partial charge in [0.2, 0.25) is 5.95 Å². The predicted octanol–water partition coefficient (Wildman–Crippen LogP) is 2.19. The molecule has 0 amide bonds. The lowest BCUT2D eigenvalue weighted by Gasteiger charge is -1.90. The monoisotopic (exact) mass is 258 g/mol. The fraction of sp³-hybridized carbons (Fsp3) is 0. The summed E-state index contributed by atoms with van der Waals surface area (Å²) in [6, 6.07) is 2.03. The van der Waals surface area contributed by atoms with Crippen molar-refractivity contribution in [3.8, 4) is 10.6 Å². The molecule has 13 heavy (non-hydrogen) atoms. The van der Waals surface area contributed by atoms with Gasteiger partial charge in [-0.1, -0.05) is 0 Å². The first-order chi connectivity index (χ1) is 6.29. The Morgan fingerprint density at radius 2 is 2.46 bits per heavy atom. The van der Waals surface area contributed by atoms with Gasteiger partial charge in [0.05, 0.1) is 16.8 Å². The van der Waals surface area contributed by atoms with Crippen LogP contribution in [0.3, 0.4) is 0 Å². The highest BCUT2D eigenvalue weighted by Crippen LogP contribution is 2.28. The Morgan fingerprint density at radius 3 is 3.00 bits per heavy atom. The summed E-state index contributed by atoms with van der Waals surface area (Å²) in [6.45, 7) is 0. The summed E-state index contributed by atoms with van der Waals surface area (Å²) in [5.74, 6) is 5.77. The molecule has 6 heteroatoms. The molecule has 0 fully saturated rings. The molecule has 0 radical (unpaired) electrons. The Labute approximate surface area is 87.3 Å². The first kappa shape index (κ1) is 8.74. The van der Waals surface area contributed by atoms with E-state index in [2.05, 4.69) is 31.3 Å². The molecule has 0 aliphatic rings. The van der Waals surface area contributed by atoms with Gasteiger partial charge in [0, 0.05) is 9.85 Å². The second-order valence-corrected chi connectivity index (χ2v) is 4.25. The van der Waals surface area contributed by atoms with E-state index in [9.17, 15) is 0 Å². The third kappa shape index (κ3) is 1.74. The first-order valence-corrected chi connectivity index (χ1v) is 5.23. The number of hydrogen-bond donors (Lipinski definition) is 3. The highest BCUT2D eigenvalue weighted by Gasteiger charge is 2.04. The van der Waals surface area contributed by atoms with E-state index in [1.54, 1.807) is 17.5 Å². The number of halogens is 1. The van der Waals surface area contributed by atoms with E-state index < -0.39 is 0 Å². The molecule has 0 saturated heterocycles. The van der Waals surface area contributed by atoms with E-state index in [1.807, 2.05) is 11.4 Å². The maximum Gasteiger partial charge on any atom is 0.215 e. The lowest BCUT2D eigenvalue weighted by atomic mass is 10.4. The van der Waals surface area contributed by atoms with Gasteiger partial charge >= 0.3 is 0 Å². The molecule has 0 aliphatic carbocycles. The second-order valence-electron chi connectivity index (χ2n) is 2.42. The molecule has 0 saturated carbocycles. The van der Waals surface area contributed by atoms with Crippen molar-refractivity contribution in [2.45, 2.75) is 0 Å². The number of nitrogens with one attached hydrogen (secondary N) is 2. The highest BCUT2D eigenvalue weighted by molar-refractivity contribution is 9.10. The molecule has 0 bridgehead atoms. The molecule has 2 aromatic rings. The van der Waals surface area contributed by atoms with Crippen molar-refractivity contribution in [1.82, 2.24) is 9.97 Å². The van der Waals surface area contributed by atoms with Crippen LogP contribution in [0.1, 0.15) is 0 Å². The SMILES string of the molecule is NNc1ncc(-c2cc(Br)cs2)[nH]1. The van der Waals surface area contributed by atoms with Crippen LogP contribution in [-0.4, -0.2) is 9.97 Å². The minimum Gasteiger partial charge on any atom is -0.322 e. The molecule has 0 unspecified atom stereocenters. The minimum absolute atomic E-state index is 0.569. The third-order valence-corrected chi connectivity index (χ3v) is 3.27. The van der Waals surface area contributed by atoms with E-state index in [0.29, 0.717) is 5.95 Å². The van der Waals surface area contributed by atoms with Gasteiger partial charge in [-0.3, -0.25) is 5.43 Å². The van der Waals surface area contributed by atoms with Crippen molar-refractivity contribution in [2.24, 2.45) is 5.84 Å². The summed E-state index contributed by atoms with van der Waals surface area (Å²) in [5.41, 5.74) is 3.41. The molecule has 0 atom stereocenters. The van der Waals surface area contributed by atoms with Gasteiger partial charge in [-0.25, -0.2) is 10.8 Å². The predicted molar refractivity (Wildman–Crippen MR) is 57.4 cm³/mol. The van der Waals surface area contributed by atoms with Crippen molar-refractivity contribution in [3.05, 3.63) is 22.1 Å². The largest absolute Gasteiger partial charge is 0.322 e. The first-order valence-electron chi connectivity index (χ1n) is 3.55. The molecular formula is C7H7BrN4S. The molecule has 2 heterocycles. The lowest BCUT2D eigenvalue weighted by Crippen LogP contribution is -2.07. The molecule has 2 aromatic heterocycles. The number of nitrogen functional groups attached to an aromatic ring is 1. The number of hydrazine groups is 1. The summed E-state index contributed by atoms with van der Waals surface area (Å²) in [4.78, 5) is 8.18. The summed E-state index contributed by atoms with van der Waals surface area (Å²) in [6.07, 6.45) is 1.74. The topological polar surface area (TPSA) is 66.7 Å². The fourth-order valence-corrected chi connectivity index (χ4v) is 2.37. The van der Waals surface area contributed by atoms with Crippen LogP contribution in [-0.2, 0) is 0 Å². The average Bonchev–Trinajstić information content (AvgIpc) is 2.71. The van der Waals surface area contributed by atoms with E-state index in [-0.39, 0.29) is 0 Å². The second kappa shape index (κ2) is 3.49. The number of hydrogen-bond acceptors (Lipinski definition) is 4. The Hall–Kier alpha value is -0.850. The Kier molecular flexibility index (Phi) is 2.34. The van der Waals surface area contributed by atoms with E-state index >= 15 is 0 Å². The Morgan fingerprint density at radius 1 is 1.62 bits per heavy atom. The normalized spacial score (nSPS) is 10.3. The highest BCUT2D eigenvalue weighted by atomic mass is 79.9. The van der Waals surface area contributed by atoms with E-state index in [0.717, 1.165) is 15.0 Å². The molecule has 68 valence electrons. The molecule has 0 spiro atoms. The molecule has 2 rings (SSSR count). The van der Waals surface area contributed by atoms with Crippen molar-refractivity contribution in [2.75, 3.05) is 5.43 Å². The number of aromatic amines is 1. The van der Waals surface area contributed by atoms with Crippen molar-refractivity contribution in [1.29, 1.82) is 0 Å². The zero-order valence-electron chi connectivity index (χ0n) is 6.54. The van der Waals surface area contributed by atoms with E-state index in [1.165, 1.54) is 0 Å². The average molecular weight is 259 g/mol. The number of imidazole rings is 1. The summed E-state index contributed by atoms with van der Waals surface area (Å²) in [7, 11) is 0. The number of nitrogens with zero attached hydrogens (tertiary/aromatic N) is 1. The quantitative estimate of drug-likeness (QED) is 0.572. The minimum atomic E-state index is 0.569. The Balaban J connectivity index is 2.35. The lowest BCUT2D eigenvalue weighted by molar-refractivity contribution is 1.20. The zero-order valence-corrected chi connectivity index (χ0v) is 8.95. The van der Waals surface area contributed by atoms with Crippen LogP contribution in [0.25, 0.3) is 10.6 Å². The van der Waals surface area contributed by atoms with Gasteiger partial charge in [0.25, 0.3) is 0 Å². The third-order valence-electron chi connectivity index (χ3n) is 1.55. The van der Waals surface area contributed by atoms with Crippen LogP contribution in [0.15, 0.2) is 22.1 Å². The van der Waals surface area contributed by atoms with Gasteiger partial charge in [-0.05, 0) is 22.0 Å². The molecule has 4 nitrogen and oxygen atoms in total. The van der Waals surface area contributed by atoms with Gasteiger partial charge in [-0.2, -0.15) is 0 Å². The number of H-pyrrole nitrogens is 1. The number of thiophene rings is 1. The van der Waals surface area contributed by atoms with Gasteiger partial charge in [0.15, 0.2) is 0 Å². The molecule has 4 N–H and O–H groups in total. The van der Waals surface area contributed by atoms with Crippen LogP contribution in [0.4, 0.5) is 5.95 Å². The van der Waals surface area contributed by atoms with Crippen LogP contribution in [0.5, 0.6) is 0 Å². The molecule has 0 aliphatic heterocycles. The zero-order chi connectivity index (χ0) is 9.26. The number of rotatable bonds is 2. The number of nitrogens with two attached hydrogens (primary N) is 1. The number of anilines is 1. The van der Waals surface area contributed by atoms with Gasteiger partial charge in [0.1, 0.15) is 0 Å². The van der Waals surface area contributed by atoms with Gasteiger partial charge in [-0.15, -0.1) is 11.3 Å². The van der Waals surface area contributed by atoms with Crippen LogP contribution < -0.4 is 11.3 Å². The molecule has 0 aromatic carbocycles. The van der Waals surface area contributed by atoms with Crippen LogP contribution >= 0.6 is 27.3 Å². The fourth-order valence-electron chi connectivity index (χ4n) is 0.974. The van der Waals surface area contributed by atoms with Crippen molar-refractivity contribution in [3.63, 3.8) is 0 Å². The van der Waals surface area contributed by atoms with Crippen LogP contribution in [0, 0.1) is 0 Å². The standard InChI is InChI=1S/C7H7BrN4S/c8-4-1-6(13-3-4)5-2-10-7(11-5)12-9/h1-3H,9H2,(H2,10,11,12). The van der Waals surface area contributed by atoms with Crippen molar-refractivity contribution >= 4 is 33.2 Å². The summed E-state index contributed by atoms with van der Waals surface area (Å²) >= 11 is 5.03.